The summed E-state index contributed by atoms with van der Waals surface area (Å²) in [7, 11) is 0. The Hall–Kier alpha value is -4.40. The summed E-state index contributed by atoms with van der Waals surface area (Å²) in [5.74, 6) is -0.865. The maximum atomic E-state index is 13.2. The molecule has 0 aliphatic carbocycles. The lowest BCUT2D eigenvalue weighted by Crippen LogP contribution is -2.14. The number of amides is 1. The van der Waals surface area contributed by atoms with E-state index in [1.54, 1.807) is 54.3 Å². The molecule has 0 aliphatic rings. The van der Waals surface area contributed by atoms with Crippen LogP contribution in [0.4, 0.5) is 10.1 Å². The summed E-state index contributed by atoms with van der Waals surface area (Å²) in [4.78, 5) is 17.1. The zero-order chi connectivity index (χ0) is 22.0. The number of benzene rings is 2. The maximum Gasteiger partial charge on any atom is 0.257 e. The van der Waals surface area contributed by atoms with Gasteiger partial charge in [-0.3, -0.25) is 20.6 Å². The molecular formula is C22H17FN6O2. The summed E-state index contributed by atoms with van der Waals surface area (Å²) in [5.41, 5.74) is 3.39. The number of anilines is 1. The van der Waals surface area contributed by atoms with E-state index in [4.69, 9.17) is 15.6 Å². The largest absolute Gasteiger partial charge is 0.428 e. The SMILES string of the molecule is Cc1cc(C(=N)OC=N)ccc1NC(=O)c1cncc2c1cnn2-c1ccc(F)cc1. The van der Waals surface area contributed by atoms with Gasteiger partial charge < -0.3 is 10.1 Å². The van der Waals surface area contributed by atoms with Gasteiger partial charge in [-0.05, 0) is 55.0 Å². The third-order valence-electron chi connectivity index (χ3n) is 4.73. The Morgan fingerprint density at radius 3 is 2.65 bits per heavy atom. The Morgan fingerprint density at radius 1 is 1.16 bits per heavy atom. The molecule has 0 bridgehead atoms. The van der Waals surface area contributed by atoms with Crippen molar-refractivity contribution in [1.29, 1.82) is 10.8 Å². The van der Waals surface area contributed by atoms with Crippen LogP contribution in [0.25, 0.3) is 16.6 Å². The average Bonchev–Trinajstić information content (AvgIpc) is 3.20. The third-order valence-corrected chi connectivity index (χ3v) is 4.73. The van der Waals surface area contributed by atoms with Crippen LogP contribution in [-0.4, -0.2) is 33.0 Å². The highest BCUT2D eigenvalue weighted by molar-refractivity contribution is 6.12. The summed E-state index contributed by atoms with van der Waals surface area (Å²) in [6.45, 7) is 1.79. The number of hydrogen-bond donors (Lipinski definition) is 3. The number of fused-ring (bicyclic) bond motifs is 1. The van der Waals surface area contributed by atoms with Crippen LogP contribution in [0, 0.1) is 23.6 Å². The van der Waals surface area contributed by atoms with Crippen LogP contribution in [-0.2, 0) is 4.74 Å². The van der Waals surface area contributed by atoms with E-state index in [0.29, 0.717) is 39.8 Å². The zero-order valence-corrected chi connectivity index (χ0v) is 16.4. The second-order valence-electron chi connectivity index (χ2n) is 6.70. The third kappa shape index (κ3) is 3.88. The number of carbonyl (C=O) groups excluding carboxylic acids is 1. The highest BCUT2D eigenvalue weighted by Crippen LogP contribution is 2.23. The predicted molar refractivity (Wildman–Crippen MR) is 115 cm³/mol. The number of aryl methyl sites for hydroxylation is 1. The van der Waals surface area contributed by atoms with Gasteiger partial charge in [-0.2, -0.15) is 5.10 Å². The summed E-state index contributed by atoms with van der Waals surface area (Å²) >= 11 is 0. The molecule has 3 N–H and O–H groups in total. The van der Waals surface area contributed by atoms with E-state index in [0.717, 1.165) is 5.56 Å². The first-order valence-electron chi connectivity index (χ1n) is 9.22. The van der Waals surface area contributed by atoms with Gasteiger partial charge in [0, 0.05) is 22.8 Å². The highest BCUT2D eigenvalue weighted by Gasteiger charge is 2.16. The van der Waals surface area contributed by atoms with E-state index < -0.39 is 0 Å². The van der Waals surface area contributed by atoms with Crippen molar-refractivity contribution < 1.29 is 13.9 Å². The van der Waals surface area contributed by atoms with Crippen molar-refractivity contribution in [3.63, 3.8) is 0 Å². The molecule has 2 aromatic carbocycles. The molecule has 154 valence electrons. The van der Waals surface area contributed by atoms with Gasteiger partial charge >= 0.3 is 0 Å². The standard InChI is InChI=1S/C22H17FN6O2/c1-13-8-14(21(25)31-12-24)2-7-19(13)28-22(30)18-9-26-11-20-17(18)10-27-29(20)16-5-3-15(23)4-6-16/h2-12,24-25H,1H3,(H,28,30). The van der Waals surface area contributed by atoms with Crippen LogP contribution >= 0.6 is 0 Å². The van der Waals surface area contributed by atoms with Crippen LogP contribution in [0.15, 0.2) is 61.1 Å². The quantitative estimate of drug-likeness (QED) is 0.336. The first-order valence-corrected chi connectivity index (χ1v) is 9.22. The Labute approximate surface area is 176 Å². The second-order valence-corrected chi connectivity index (χ2v) is 6.70. The van der Waals surface area contributed by atoms with Crippen molar-refractivity contribution in [1.82, 2.24) is 14.8 Å². The molecule has 4 rings (SSSR count). The van der Waals surface area contributed by atoms with E-state index in [-0.39, 0.29) is 17.6 Å². The molecule has 0 spiro atoms. The molecular weight excluding hydrogens is 399 g/mol. The fourth-order valence-electron chi connectivity index (χ4n) is 3.17. The Morgan fingerprint density at radius 2 is 1.94 bits per heavy atom. The lowest BCUT2D eigenvalue weighted by molar-refractivity contribution is 0.102. The van der Waals surface area contributed by atoms with Crippen LogP contribution < -0.4 is 5.32 Å². The minimum atomic E-state index is -0.363. The number of halogens is 1. The number of aromatic nitrogens is 3. The molecule has 0 radical (unpaired) electrons. The first-order chi connectivity index (χ1) is 15.0. The normalized spacial score (nSPS) is 10.6. The Balaban J connectivity index is 1.64. The molecule has 9 heteroatoms. The van der Waals surface area contributed by atoms with Crippen LogP contribution in [0.5, 0.6) is 0 Å². The average molecular weight is 416 g/mol. The van der Waals surface area contributed by atoms with E-state index in [1.165, 1.54) is 18.3 Å². The number of hydrogen-bond acceptors (Lipinski definition) is 6. The Kier molecular flexibility index (Phi) is 5.23. The summed E-state index contributed by atoms with van der Waals surface area (Å²) in [5, 5.41) is 22.5. The maximum absolute atomic E-state index is 13.2. The minimum absolute atomic E-state index is 0.154. The van der Waals surface area contributed by atoms with Gasteiger partial charge in [0.25, 0.3) is 5.91 Å². The molecule has 0 unspecified atom stereocenters. The Bertz CT molecular complexity index is 1310. The van der Waals surface area contributed by atoms with Gasteiger partial charge in [0.15, 0.2) is 6.40 Å². The van der Waals surface area contributed by atoms with Crippen LogP contribution in [0.2, 0.25) is 0 Å². The zero-order valence-electron chi connectivity index (χ0n) is 16.4. The number of nitrogens with zero attached hydrogens (tertiary/aromatic N) is 3. The molecule has 0 aliphatic heterocycles. The van der Waals surface area contributed by atoms with Gasteiger partial charge in [0.2, 0.25) is 5.90 Å². The second kappa shape index (κ2) is 8.15. The highest BCUT2D eigenvalue weighted by atomic mass is 19.1. The van der Waals surface area contributed by atoms with E-state index >= 15 is 0 Å². The summed E-state index contributed by atoms with van der Waals surface area (Å²) in [6, 6.07) is 10.9. The van der Waals surface area contributed by atoms with E-state index in [9.17, 15) is 9.18 Å². The number of ether oxygens (including phenoxy) is 1. The van der Waals surface area contributed by atoms with Crippen LogP contribution in [0.1, 0.15) is 21.5 Å². The molecule has 0 saturated heterocycles. The summed E-state index contributed by atoms with van der Waals surface area (Å²) < 4.78 is 19.6. The topological polar surface area (TPSA) is 117 Å². The van der Waals surface area contributed by atoms with Crippen molar-refractivity contribution in [3.8, 4) is 5.69 Å². The lowest BCUT2D eigenvalue weighted by Gasteiger charge is -2.11. The molecule has 8 nitrogen and oxygen atoms in total. The van der Waals surface area contributed by atoms with Crippen molar-refractivity contribution in [3.05, 3.63) is 83.6 Å². The predicted octanol–water partition coefficient (Wildman–Crippen LogP) is 4.07. The number of pyridine rings is 1. The fourth-order valence-corrected chi connectivity index (χ4v) is 3.17. The van der Waals surface area contributed by atoms with Crippen molar-refractivity contribution >= 4 is 34.8 Å². The molecule has 1 amide bonds. The number of rotatable bonds is 5. The summed E-state index contributed by atoms with van der Waals surface area (Å²) in [6.07, 6.45) is 5.32. The monoisotopic (exact) mass is 416 g/mol. The van der Waals surface area contributed by atoms with E-state index in [2.05, 4.69) is 15.4 Å². The minimum Gasteiger partial charge on any atom is -0.428 e. The molecule has 4 aromatic rings. The molecule has 0 atom stereocenters. The van der Waals surface area contributed by atoms with Gasteiger partial charge in [-0.25, -0.2) is 9.07 Å². The van der Waals surface area contributed by atoms with Gasteiger partial charge in [-0.1, -0.05) is 0 Å². The van der Waals surface area contributed by atoms with Crippen molar-refractivity contribution in [2.45, 2.75) is 6.92 Å². The smallest absolute Gasteiger partial charge is 0.257 e. The molecule has 0 saturated carbocycles. The van der Waals surface area contributed by atoms with Gasteiger partial charge in [0.1, 0.15) is 5.82 Å². The fraction of sp³-hybridized carbons (Fsp3) is 0.0455. The van der Waals surface area contributed by atoms with E-state index in [1.807, 2.05) is 0 Å². The van der Waals surface area contributed by atoms with Gasteiger partial charge in [0.05, 0.1) is 29.2 Å². The molecule has 31 heavy (non-hydrogen) atoms. The van der Waals surface area contributed by atoms with Gasteiger partial charge in [-0.15, -0.1) is 0 Å². The lowest BCUT2D eigenvalue weighted by atomic mass is 10.1. The van der Waals surface area contributed by atoms with Crippen molar-refractivity contribution in [2.24, 2.45) is 0 Å². The molecule has 2 aromatic heterocycles. The van der Waals surface area contributed by atoms with Crippen LogP contribution in [0.3, 0.4) is 0 Å². The number of nitrogens with one attached hydrogen (secondary N) is 3. The molecule has 0 fully saturated rings. The van der Waals surface area contributed by atoms with Crippen molar-refractivity contribution in [2.75, 3.05) is 5.32 Å². The number of carbonyl (C=O) groups is 1. The first kappa shape index (κ1) is 19.9. The molecule has 2 heterocycles.